The maximum Gasteiger partial charge on any atom is 0.123 e. The van der Waals surface area contributed by atoms with Gasteiger partial charge in [0, 0.05) is 38.4 Å². The molecule has 0 spiro atoms. The van der Waals surface area contributed by atoms with Gasteiger partial charge in [0.15, 0.2) is 0 Å². The van der Waals surface area contributed by atoms with Crippen LogP contribution in [0.25, 0.3) is 0 Å². The van der Waals surface area contributed by atoms with Crippen molar-refractivity contribution in [1.82, 2.24) is 4.90 Å². The molecule has 0 radical (unpaired) electrons. The van der Waals surface area contributed by atoms with E-state index in [0.717, 1.165) is 44.9 Å². The zero-order valence-corrected chi connectivity index (χ0v) is 17.7. The van der Waals surface area contributed by atoms with Gasteiger partial charge in [-0.3, -0.25) is 4.90 Å². The van der Waals surface area contributed by atoms with Crippen LogP contribution in [0, 0.1) is 22.6 Å². The summed E-state index contributed by atoms with van der Waals surface area (Å²) < 4.78 is 14.2. The van der Waals surface area contributed by atoms with Gasteiger partial charge in [0.25, 0.3) is 0 Å². The van der Waals surface area contributed by atoms with Crippen molar-refractivity contribution in [3.05, 3.63) is 29.6 Å². The summed E-state index contributed by atoms with van der Waals surface area (Å²) in [4.78, 5) is 5.15. The van der Waals surface area contributed by atoms with Gasteiger partial charge in [-0.1, -0.05) is 27.7 Å². The lowest BCUT2D eigenvalue weighted by Crippen LogP contribution is -2.47. The second-order valence-corrected chi connectivity index (χ2v) is 11.0. The van der Waals surface area contributed by atoms with Crippen molar-refractivity contribution in [2.75, 3.05) is 37.6 Å². The largest absolute Gasteiger partial charge is 0.369 e. The summed E-state index contributed by atoms with van der Waals surface area (Å²) in [6.45, 7) is 15.3. The molecule has 150 valence electrons. The second kappa shape index (κ2) is 7.06. The first kappa shape index (κ1) is 19.2. The van der Waals surface area contributed by atoms with Gasteiger partial charge >= 0.3 is 0 Å². The molecule has 0 N–H and O–H groups in total. The van der Waals surface area contributed by atoms with E-state index in [1.165, 1.54) is 37.1 Å². The Morgan fingerprint density at radius 2 is 1.59 bits per heavy atom. The van der Waals surface area contributed by atoms with Crippen LogP contribution in [0.2, 0.25) is 0 Å². The highest BCUT2D eigenvalue weighted by atomic mass is 19.1. The lowest BCUT2D eigenvalue weighted by Gasteiger charge is -2.46. The van der Waals surface area contributed by atoms with Gasteiger partial charge in [-0.2, -0.15) is 0 Å². The van der Waals surface area contributed by atoms with Crippen LogP contribution >= 0.6 is 0 Å². The van der Waals surface area contributed by atoms with Crippen LogP contribution in [-0.4, -0.2) is 37.6 Å². The van der Waals surface area contributed by atoms with Crippen molar-refractivity contribution in [3.63, 3.8) is 0 Å². The molecule has 1 aliphatic heterocycles. The van der Waals surface area contributed by atoms with E-state index in [1.54, 1.807) is 6.07 Å². The number of rotatable bonds is 4. The Morgan fingerprint density at radius 3 is 2.19 bits per heavy atom. The van der Waals surface area contributed by atoms with E-state index >= 15 is 0 Å². The van der Waals surface area contributed by atoms with E-state index in [9.17, 15) is 4.39 Å². The van der Waals surface area contributed by atoms with Gasteiger partial charge in [-0.05, 0) is 78.5 Å². The minimum absolute atomic E-state index is 0.0812. The summed E-state index contributed by atoms with van der Waals surface area (Å²) in [5.74, 6) is 1.34. The average Bonchev–Trinajstić information content (AvgIpc) is 3.37. The van der Waals surface area contributed by atoms with Crippen LogP contribution in [0.1, 0.15) is 71.3 Å². The molecule has 1 aromatic rings. The molecule has 0 atom stereocenters. The smallest absolute Gasteiger partial charge is 0.123 e. The van der Waals surface area contributed by atoms with Gasteiger partial charge in [0.05, 0.1) is 0 Å². The zero-order chi connectivity index (χ0) is 19.2. The van der Waals surface area contributed by atoms with Crippen molar-refractivity contribution >= 4 is 5.69 Å². The fourth-order valence-electron chi connectivity index (χ4n) is 6.04. The molecular formula is C24H37FN2. The number of anilines is 1. The quantitative estimate of drug-likeness (QED) is 0.671. The molecule has 2 aliphatic carbocycles. The van der Waals surface area contributed by atoms with E-state index < -0.39 is 0 Å². The lowest BCUT2D eigenvalue weighted by molar-refractivity contribution is 0.0968. The van der Waals surface area contributed by atoms with Crippen LogP contribution < -0.4 is 4.90 Å². The van der Waals surface area contributed by atoms with E-state index in [4.69, 9.17) is 0 Å². The van der Waals surface area contributed by atoms with Crippen LogP contribution in [0.4, 0.5) is 10.1 Å². The van der Waals surface area contributed by atoms with E-state index in [0.29, 0.717) is 16.7 Å². The Balaban J connectivity index is 1.54. The number of nitrogens with zero attached hydrogens (tertiary/aromatic N) is 2. The SMILES string of the molecule is CC1(C)CC(c2cc(F)ccc2N2CCN(CC3CC3)CC2)CC(C)(C)C1. The highest BCUT2D eigenvalue weighted by molar-refractivity contribution is 5.56. The Bertz CT molecular complexity index is 653. The summed E-state index contributed by atoms with van der Waals surface area (Å²) in [6.07, 6.45) is 6.43. The Morgan fingerprint density at radius 1 is 0.963 bits per heavy atom. The molecule has 2 nitrogen and oxygen atoms in total. The monoisotopic (exact) mass is 372 g/mol. The molecule has 1 heterocycles. The summed E-state index contributed by atoms with van der Waals surface area (Å²) in [6, 6.07) is 5.55. The minimum atomic E-state index is -0.0812. The number of piperazine rings is 1. The number of hydrogen-bond acceptors (Lipinski definition) is 2. The zero-order valence-electron chi connectivity index (χ0n) is 17.7. The minimum Gasteiger partial charge on any atom is -0.369 e. The fraction of sp³-hybridized carbons (Fsp3) is 0.750. The van der Waals surface area contributed by atoms with Gasteiger partial charge in [0.1, 0.15) is 5.82 Å². The molecule has 3 aliphatic rings. The number of benzene rings is 1. The molecular weight excluding hydrogens is 335 g/mol. The van der Waals surface area contributed by atoms with Crippen LogP contribution in [0.3, 0.4) is 0 Å². The molecule has 1 aromatic carbocycles. The topological polar surface area (TPSA) is 6.48 Å². The van der Waals surface area contributed by atoms with Gasteiger partial charge in [0.2, 0.25) is 0 Å². The number of hydrogen-bond donors (Lipinski definition) is 0. The maximum absolute atomic E-state index is 14.2. The number of halogens is 1. The van der Waals surface area contributed by atoms with Crippen molar-refractivity contribution in [2.45, 2.75) is 65.7 Å². The van der Waals surface area contributed by atoms with E-state index in [2.05, 4.69) is 43.6 Å². The van der Waals surface area contributed by atoms with Crippen LogP contribution in [-0.2, 0) is 0 Å². The molecule has 27 heavy (non-hydrogen) atoms. The first-order valence-electron chi connectivity index (χ1n) is 11.0. The summed E-state index contributed by atoms with van der Waals surface area (Å²) in [5, 5.41) is 0. The molecule has 0 aromatic heterocycles. The van der Waals surface area contributed by atoms with Crippen LogP contribution in [0.15, 0.2) is 18.2 Å². The van der Waals surface area contributed by atoms with Crippen molar-refractivity contribution < 1.29 is 4.39 Å². The second-order valence-electron chi connectivity index (χ2n) is 11.0. The molecule has 0 bridgehead atoms. The van der Waals surface area contributed by atoms with Crippen molar-refractivity contribution in [3.8, 4) is 0 Å². The first-order valence-corrected chi connectivity index (χ1v) is 11.0. The molecule has 4 rings (SSSR count). The fourth-order valence-corrected chi connectivity index (χ4v) is 6.04. The molecule has 2 saturated carbocycles. The van der Waals surface area contributed by atoms with E-state index in [1.807, 2.05) is 6.07 Å². The third-order valence-electron chi connectivity index (χ3n) is 6.91. The summed E-state index contributed by atoms with van der Waals surface area (Å²) in [5.41, 5.74) is 3.19. The lowest BCUT2D eigenvalue weighted by atomic mass is 9.60. The standard InChI is InChI=1S/C24H37FN2/c1-23(2)14-19(15-24(3,4)17-23)21-13-20(25)7-8-22(21)27-11-9-26(10-12-27)16-18-5-6-18/h7-8,13,18-19H,5-6,9-12,14-17H2,1-4H3. The highest BCUT2D eigenvalue weighted by Gasteiger charge is 2.40. The summed E-state index contributed by atoms with van der Waals surface area (Å²) in [7, 11) is 0. The molecule has 3 heteroatoms. The van der Waals surface area contributed by atoms with Gasteiger partial charge in [-0.25, -0.2) is 4.39 Å². The average molecular weight is 373 g/mol. The Hall–Kier alpha value is -1.09. The maximum atomic E-state index is 14.2. The van der Waals surface area contributed by atoms with Crippen LogP contribution in [0.5, 0.6) is 0 Å². The Labute approximate surface area is 165 Å². The van der Waals surface area contributed by atoms with Crippen molar-refractivity contribution in [1.29, 1.82) is 0 Å². The van der Waals surface area contributed by atoms with Crippen molar-refractivity contribution in [2.24, 2.45) is 16.7 Å². The predicted molar refractivity (Wildman–Crippen MR) is 112 cm³/mol. The summed E-state index contributed by atoms with van der Waals surface area (Å²) >= 11 is 0. The van der Waals surface area contributed by atoms with E-state index in [-0.39, 0.29) is 5.82 Å². The molecule has 0 amide bonds. The third kappa shape index (κ3) is 4.67. The first-order chi connectivity index (χ1) is 12.7. The molecule has 1 saturated heterocycles. The normalized spacial score (nSPS) is 26.3. The highest BCUT2D eigenvalue weighted by Crippen LogP contribution is 2.53. The molecule has 3 fully saturated rings. The predicted octanol–water partition coefficient (Wildman–Crippen LogP) is 5.68. The van der Waals surface area contributed by atoms with Gasteiger partial charge in [-0.15, -0.1) is 0 Å². The molecule has 0 unspecified atom stereocenters. The van der Waals surface area contributed by atoms with Gasteiger partial charge < -0.3 is 4.90 Å². The third-order valence-corrected chi connectivity index (χ3v) is 6.91. The Kier molecular flexibility index (Phi) is 5.03.